The summed E-state index contributed by atoms with van der Waals surface area (Å²) in [4.78, 5) is 19.3. The van der Waals surface area contributed by atoms with Gasteiger partial charge in [0, 0.05) is 43.8 Å². The van der Waals surface area contributed by atoms with Crippen LogP contribution in [0.5, 0.6) is 5.75 Å². The number of nitrogens with one attached hydrogen (secondary N) is 3. The van der Waals surface area contributed by atoms with Gasteiger partial charge in [0.2, 0.25) is 0 Å². The first-order chi connectivity index (χ1) is 15.6. The lowest BCUT2D eigenvalue weighted by molar-refractivity contribution is 0.0955. The Labute approximate surface area is 190 Å². The van der Waals surface area contributed by atoms with Crippen molar-refractivity contribution in [3.63, 3.8) is 0 Å². The van der Waals surface area contributed by atoms with Crippen molar-refractivity contribution in [2.24, 2.45) is 4.99 Å². The second-order valence-electron chi connectivity index (χ2n) is 8.10. The summed E-state index contributed by atoms with van der Waals surface area (Å²) in [6, 6.07) is 17.7. The zero-order valence-electron chi connectivity index (χ0n) is 19.1. The quantitative estimate of drug-likeness (QED) is 0.290. The van der Waals surface area contributed by atoms with Gasteiger partial charge in [-0.25, -0.2) is 0 Å². The fourth-order valence-corrected chi connectivity index (χ4v) is 3.94. The Hall–Kier alpha value is -3.06. The number of likely N-dealkylation sites (tertiary alicyclic amines) is 1. The SMILES string of the molecule is CCNC(=NCCNC(=O)c1ccc(O)cc1)NC1CCN(C(C)c2ccccc2)CC1. The van der Waals surface area contributed by atoms with Crippen LogP contribution in [0.15, 0.2) is 59.6 Å². The van der Waals surface area contributed by atoms with Gasteiger partial charge in [-0.3, -0.25) is 14.7 Å². The highest BCUT2D eigenvalue weighted by Gasteiger charge is 2.24. The van der Waals surface area contributed by atoms with Gasteiger partial charge in [-0.2, -0.15) is 0 Å². The van der Waals surface area contributed by atoms with Gasteiger partial charge in [-0.05, 0) is 56.5 Å². The van der Waals surface area contributed by atoms with Crippen molar-refractivity contribution in [2.45, 2.75) is 38.8 Å². The van der Waals surface area contributed by atoms with E-state index in [0.717, 1.165) is 38.4 Å². The maximum atomic E-state index is 12.2. The molecule has 0 aromatic heterocycles. The zero-order valence-corrected chi connectivity index (χ0v) is 19.1. The third kappa shape index (κ3) is 6.99. The van der Waals surface area contributed by atoms with Gasteiger partial charge in [0.05, 0.1) is 6.54 Å². The summed E-state index contributed by atoms with van der Waals surface area (Å²) in [6.45, 7) is 8.16. The Morgan fingerprint density at radius 3 is 2.44 bits per heavy atom. The highest BCUT2D eigenvalue weighted by atomic mass is 16.3. The number of amides is 1. The van der Waals surface area contributed by atoms with Crippen LogP contribution >= 0.6 is 0 Å². The minimum Gasteiger partial charge on any atom is -0.508 e. The molecule has 7 heteroatoms. The number of hydrogen-bond donors (Lipinski definition) is 4. The second-order valence-corrected chi connectivity index (χ2v) is 8.10. The summed E-state index contributed by atoms with van der Waals surface area (Å²) in [6.07, 6.45) is 2.14. The molecule has 1 aliphatic heterocycles. The van der Waals surface area contributed by atoms with E-state index in [-0.39, 0.29) is 11.7 Å². The van der Waals surface area contributed by atoms with Crippen LogP contribution in [0.4, 0.5) is 0 Å². The van der Waals surface area contributed by atoms with E-state index >= 15 is 0 Å². The van der Waals surface area contributed by atoms with E-state index < -0.39 is 0 Å². The highest BCUT2D eigenvalue weighted by Crippen LogP contribution is 2.23. The van der Waals surface area contributed by atoms with Gasteiger partial charge in [-0.1, -0.05) is 30.3 Å². The maximum absolute atomic E-state index is 12.2. The molecule has 1 unspecified atom stereocenters. The molecule has 2 aromatic carbocycles. The average molecular weight is 438 g/mol. The molecule has 0 aliphatic carbocycles. The van der Waals surface area contributed by atoms with E-state index in [1.54, 1.807) is 12.1 Å². The normalized spacial score (nSPS) is 16.4. The molecule has 0 bridgehead atoms. The number of benzene rings is 2. The van der Waals surface area contributed by atoms with Crippen LogP contribution in [0, 0.1) is 0 Å². The molecule has 4 N–H and O–H groups in total. The van der Waals surface area contributed by atoms with Crippen LogP contribution in [0.2, 0.25) is 0 Å². The first-order valence-corrected chi connectivity index (χ1v) is 11.5. The van der Waals surface area contributed by atoms with E-state index in [4.69, 9.17) is 0 Å². The number of rotatable bonds is 8. The van der Waals surface area contributed by atoms with Gasteiger partial charge >= 0.3 is 0 Å². The third-order valence-corrected chi connectivity index (χ3v) is 5.84. The summed E-state index contributed by atoms with van der Waals surface area (Å²) >= 11 is 0. The fourth-order valence-electron chi connectivity index (χ4n) is 3.94. The van der Waals surface area contributed by atoms with Crippen LogP contribution in [-0.2, 0) is 0 Å². The number of hydrogen-bond acceptors (Lipinski definition) is 4. The number of carbonyl (C=O) groups is 1. The van der Waals surface area contributed by atoms with E-state index in [1.165, 1.54) is 17.7 Å². The number of phenols is 1. The predicted molar refractivity (Wildman–Crippen MR) is 129 cm³/mol. The van der Waals surface area contributed by atoms with Crippen LogP contribution < -0.4 is 16.0 Å². The Bertz CT molecular complexity index is 862. The highest BCUT2D eigenvalue weighted by molar-refractivity contribution is 5.94. The van der Waals surface area contributed by atoms with Crippen molar-refractivity contribution < 1.29 is 9.90 Å². The van der Waals surface area contributed by atoms with Gasteiger partial charge in [0.1, 0.15) is 5.75 Å². The summed E-state index contributed by atoms with van der Waals surface area (Å²) in [5, 5.41) is 19.0. The monoisotopic (exact) mass is 437 g/mol. The van der Waals surface area contributed by atoms with Crippen molar-refractivity contribution in [1.29, 1.82) is 0 Å². The number of nitrogens with zero attached hydrogens (tertiary/aromatic N) is 2. The van der Waals surface area contributed by atoms with Crippen molar-refractivity contribution in [2.75, 3.05) is 32.7 Å². The van der Waals surface area contributed by atoms with E-state index in [0.29, 0.717) is 30.7 Å². The number of guanidine groups is 1. The smallest absolute Gasteiger partial charge is 0.251 e. The molecule has 0 radical (unpaired) electrons. The van der Waals surface area contributed by atoms with Crippen LogP contribution in [0.25, 0.3) is 0 Å². The Morgan fingerprint density at radius 2 is 1.78 bits per heavy atom. The Morgan fingerprint density at radius 1 is 1.09 bits per heavy atom. The predicted octanol–water partition coefficient (Wildman–Crippen LogP) is 2.90. The first-order valence-electron chi connectivity index (χ1n) is 11.5. The molecule has 1 amide bonds. The van der Waals surface area contributed by atoms with Crippen LogP contribution in [0.1, 0.15) is 48.7 Å². The molecule has 0 saturated carbocycles. The summed E-state index contributed by atoms with van der Waals surface area (Å²) in [5.41, 5.74) is 1.89. The zero-order chi connectivity index (χ0) is 22.8. The number of carbonyl (C=O) groups excluding carboxylic acids is 1. The number of phenolic OH excluding ortho intramolecular Hbond substituents is 1. The second kappa shape index (κ2) is 12.1. The molecule has 1 saturated heterocycles. The van der Waals surface area contributed by atoms with Crippen LogP contribution in [-0.4, -0.2) is 60.6 Å². The Kier molecular flexibility index (Phi) is 8.92. The van der Waals surface area contributed by atoms with Gasteiger partial charge in [0.25, 0.3) is 5.91 Å². The molecular weight excluding hydrogens is 402 g/mol. The maximum Gasteiger partial charge on any atom is 0.251 e. The lowest BCUT2D eigenvalue weighted by atomic mass is 10.0. The molecule has 1 atom stereocenters. The molecule has 1 fully saturated rings. The minimum absolute atomic E-state index is 0.146. The van der Waals surface area contributed by atoms with Crippen LogP contribution in [0.3, 0.4) is 0 Å². The van der Waals surface area contributed by atoms with Gasteiger partial charge < -0.3 is 21.1 Å². The summed E-state index contributed by atoms with van der Waals surface area (Å²) < 4.78 is 0. The lowest BCUT2D eigenvalue weighted by Gasteiger charge is -2.37. The molecule has 172 valence electrons. The van der Waals surface area contributed by atoms with E-state index in [1.807, 2.05) is 6.92 Å². The molecule has 0 spiro atoms. The van der Waals surface area contributed by atoms with E-state index in [9.17, 15) is 9.90 Å². The fraction of sp³-hybridized carbons (Fsp3) is 0.440. The molecule has 7 nitrogen and oxygen atoms in total. The number of piperidine rings is 1. The molecule has 3 rings (SSSR count). The van der Waals surface area contributed by atoms with Gasteiger partial charge in [-0.15, -0.1) is 0 Å². The van der Waals surface area contributed by atoms with Crippen molar-refractivity contribution in [3.05, 3.63) is 65.7 Å². The number of aliphatic imine (C=N–C) groups is 1. The molecular formula is C25H35N5O2. The molecule has 1 heterocycles. The minimum atomic E-state index is -0.168. The lowest BCUT2D eigenvalue weighted by Crippen LogP contribution is -2.49. The first kappa shape index (κ1) is 23.6. The molecule has 1 aliphatic rings. The number of aromatic hydroxyl groups is 1. The largest absolute Gasteiger partial charge is 0.508 e. The average Bonchev–Trinajstić information content (AvgIpc) is 2.83. The van der Waals surface area contributed by atoms with Gasteiger partial charge in [0.15, 0.2) is 5.96 Å². The van der Waals surface area contributed by atoms with Crippen molar-refractivity contribution >= 4 is 11.9 Å². The Balaban J connectivity index is 1.43. The summed E-state index contributed by atoms with van der Waals surface area (Å²) in [7, 11) is 0. The molecule has 32 heavy (non-hydrogen) atoms. The summed E-state index contributed by atoms with van der Waals surface area (Å²) in [5.74, 6) is 0.770. The third-order valence-electron chi connectivity index (χ3n) is 5.84. The van der Waals surface area contributed by atoms with Crippen molar-refractivity contribution in [3.8, 4) is 5.75 Å². The molecule has 2 aromatic rings. The topological polar surface area (TPSA) is 89.0 Å². The van der Waals surface area contributed by atoms with E-state index in [2.05, 4.69) is 63.1 Å². The standard InChI is InChI=1S/C25H35N5O2/c1-3-26-25(28-16-15-27-24(32)21-9-11-23(31)12-10-21)29-22-13-17-30(18-14-22)19(2)20-7-5-4-6-8-20/h4-12,19,22,31H,3,13-18H2,1-2H3,(H,27,32)(H2,26,28,29). The van der Waals surface area contributed by atoms with Crippen molar-refractivity contribution in [1.82, 2.24) is 20.9 Å².